The summed E-state index contributed by atoms with van der Waals surface area (Å²) < 4.78 is 45.5. The van der Waals surface area contributed by atoms with E-state index in [1.165, 1.54) is 6.07 Å². The van der Waals surface area contributed by atoms with E-state index in [0.717, 1.165) is 5.56 Å². The van der Waals surface area contributed by atoms with Crippen LogP contribution in [0.15, 0.2) is 54.6 Å². The molecule has 1 aliphatic rings. The van der Waals surface area contributed by atoms with E-state index in [4.69, 9.17) is 16.3 Å². The number of hydrogen-bond donors (Lipinski definition) is 0. The van der Waals surface area contributed by atoms with Crippen LogP contribution in [0.2, 0.25) is 5.02 Å². The fraction of sp³-hybridized carbons (Fsp3) is 0.105. The normalized spacial score (nSPS) is 18.4. The molecule has 126 valence electrons. The summed E-state index contributed by atoms with van der Waals surface area (Å²) in [6.07, 6.45) is -4.98. The van der Waals surface area contributed by atoms with Crippen LogP contribution in [-0.4, -0.2) is 11.2 Å². The molecule has 1 aromatic heterocycles. The molecule has 25 heavy (non-hydrogen) atoms. The Labute approximate surface area is 146 Å². The zero-order valence-corrected chi connectivity index (χ0v) is 13.5. The largest absolute Gasteiger partial charge is 0.474 e. The first-order chi connectivity index (χ1) is 11.9. The van der Waals surface area contributed by atoms with Crippen LogP contribution in [0.3, 0.4) is 0 Å². The average molecular weight is 362 g/mol. The van der Waals surface area contributed by atoms with Crippen molar-refractivity contribution in [3.63, 3.8) is 0 Å². The van der Waals surface area contributed by atoms with Gasteiger partial charge in [-0.25, -0.2) is 4.98 Å². The van der Waals surface area contributed by atoms with Gasteiger partial charge < -0.3 is 4.74 Å². The van der Waals surface area contributed by atoms with Crippen molar-refractivity contribution >= 4 is 34.3 Å². The van der Waals surface area contributed by atoms with E-state index in [1.807, 2.05) is 6.07 Å². The van der Waals surface area contributed by atoms with Gasteiger partial charge >= 0.3 is 6.18 Å². The Bertz CT molecular complexity index is 983. The number of fused-ring (bicyclic) bond motifs is 2. The molecule has 0 N–H and O–H groups in total. The summed E-state index contributed by atoms with van der Waals surface area (Å²) in [5.74, 6) is 0.102. The predicted octanol–water partition coefficient (Wildman–Crippen LogP) is 6.02. The summed E-state index contributed by atoms with van der Waals surface area (Å²) in [6, 6.07) is 15.4. The maximum atomic E-state index is 13.4. The Hall–Kier alpha value is -2.53. The topological polar surface area (TPSA) is 22.1 Å². The minimum Gasteiger partial charge on any atom is -0.474 e. The van der Waals surface area contributed by atoms with Gasteiger partial charge in [-0.1, -0.05) is 48.0 Å². The van der Waals surface area contributed by atoms with E-state index in [9.17, 15) is 13.2 Å². The van der Waals surface area contributed by atoms with Gasteiger partial charge in [0.2, 0.25) is 6.10 Å². The van der Waals surface area contributed by atoms with Gasteiger partial charge in [0.25, 0.3) is 0 Å². The fourth-order valence-electron chi connectivity index (χ4n) is 2.85. The lowest BCUT2D eigenvalue weighted by Crippen LogP contribution is -2.19. The quantitative estimate of drug-likeness (QED) is 0.528. The standard InChI is InChI=1S/C19H11ClF3NO/c20-13-7-6-12-9-14-17(24-15(12)10-13)16(25-18(14)19(21,22)23)8-11-4-2-1-3-5-11/h1-10,18H/b16-8-/t18-/m0/s1. The average Bonchev–Trinajstić information content (AvgIpc) is 2.92. The first-order valence-electron chi connectivity index (χ1n) is 7.52. The van der Waals surface area contributed by atoms with Gasteiger partial charge in [-0.05, 0) is 29.8 Å². The van der Waals surface area contributed by atoms with E-state index in [0.29, 0.717) is 15.9 Å². The van der Waals surface area contributed by atoms with Gasteiger partial charge in [0.15, 0.2) is 0 Å². The molecular weight excluding hydrogens is 351 g/mol. The highest BCUT2D eigenvalue weighted by Crippen LogP contribution is 2.47. The molecule has 3 aromatic rings. The van der Waals surface area contributed by atoms with Crippen LogP contribution in [0.4, 0.5) is 13.2 Å². The first kappa shape index (κ1) is 16.0. The fourth-order valence-corrected chi connectivity index (χ4v) is 3.01. The summed E-state index contributed by atoms with van der Waals surface area (Å²) >= 11 is 5.97. The molecule has 0 saturated heterocycles. The Morgan fingerprint density at radius 2 is 1.80 bits per heavy atom. The molecule has 0 aliphatic carbocycles. The van der Waals surface area contributed by atoms with E-state index >= 15 is 0 Å². The second-order valence-corrected chi connectivity index (χ2v) is 6.16. The summed E-state index contributed by atoms with van der Waals surface area (Å²) in [6.45, 7) is 0. The van der Waals surface area contributed by atoms with Gasteiger partial charge in [0.1, 0.15) is 11.5 Å². The Kier molecular flexibility index (Phi) is 3.69. The van der Waals surface area contributed by atoms with E-state index < -0.39 is 12.3 Å². The Balaban J connectivity index is 1.92. The van der Waals surface area contributed by atoms with Gasteiger partial charge in [-0.2, -0.15) is 13.2 Å². The third-order valence-corrected chi connectivity index (χ3v) is 4.20. The van der Waals surface area contributed by atoms with Crippen molar-refractivity contribution < 1.29 is 17.9 Å². The predicted molar refractivity (Wildman–Crippen MR) is 90.9 cm³/mol. The maximum absolute atomic E-state index is 13.4. The van der Waals surface area contributed by atoms with Crippen molar-refractivity contribution in [2.45, 2.75) is 12.3 Å². The van der Waals surface area contributed by atoms with Crippen LogP contribution >= 0.6 is 11.6 Å². The van der Waals surface area contributed by atoms with Crippen LogP contribution < -0.4 is 0 Å². The first-order valence-corrected chi connectivity index (χ1v) is 7.90. The highest BCUT2D eigenvalue weighted by molar-refractivity contribution is 6.31. The molecule has 0 radical (unpaired) electrons. The van der Waals surface area contributed by atoms with Gasteiger partial charge in [-0.3, -0.25) is 0 Å². The number of benzene rings is 2. The van der Waals surface area contributed by atoms with E-state index in [2.05, 4.69) is 4.98 Å². The van der Waals surface area contributed by atoms with Crippen LogP contribution in [0, 0.1) is 0 Å². The number of pyridine rings is 1. The van der Waals surface area contributed by atoms with E-state index in [-0.39, 0.29) is 17.0 Å². The molecule has 1 atom stereocenters. The number of hydrogen-bond acceptors (Lipinski definition) is 2. The lowest BCUT2D eigenvalue weighted by Gasteiger charge is -2.15. The smallest absolute Gasteiger partial charge is 0.429 e. The molecule has 2 heterocycles. The number of halogens is 4. The SMILES string of the molecule is FC(F)(F)[C@H]1O/C(=C\c2ccccc2)c2nc3cc(Cl)ccc3cc21. The number of rotatable bonds is 1. The number of nitrogens with zero attached hydrogens (tertiary/aromatic N) is 1. The van der Waals surface area contributed by atoms with Crippen molar-refractivity contribution in [2.75, 3.05) is 0 Å². The zero-order valence-electron chi connectivity index (χ0n) is 12.7. The summed E-state index contributed by atoms with van der Waals surface area (Å²) in [4.78, 5) is 4.38. The molecule has 0 bridgehead atoms. The third-order valence-electron chi connectivity index (χ3n) is 3.96. The lowest BCUT2D eigenvalue weighted by atomic mass is 10.0. The van der Waals surface area contributed by atoms with Crippen LogP contribution in [-0.2, 0) is 4.74 Å². The second kappa shape index (κ2) is 5.77. The third kappa shape index (κ3) is 2.96. The van der Waals surface area contributed by atoms with Crippen LogP contribution in [0.5, 0.6) is 0 Å². The monoisotopic (exact) mass is 361 g/mol. The molecule has 0 unspecified atom stereocenters. The van der Waals surface area contributed by atoms with Crippen molar-refractivity contribution in [3.05, 3.63) is 76.4 Å². The van der Waals surface area contributed by atoms with Crippen molar-refractivity contribution in [3.8, 4) is 0 Å². The molecule has 4 rings (SSSR count). The molecular formula is C19H11ClF3NO. The second-order valence-electron chi connectivity index (χ2n) is 5.72. The minimum absolute atomic E-state index is 0.0181. The molecule has 0 saturated carbocycles. The molecule has 1 aliphatic heterocycles. The summed E-state index contributed by atoms with van der Waals surface area (Å²) in [5.41, 5.74) is 1.47. The number of aromatic nitrogens is 1. The molecule has 2 aromatic carbocycles. The number of alkyl halides is 3. The Morgan fingerprint density at radius 3 is 2.52 bits per heavy atom. The van der Waals surface area contributed by atoms with Crippen molar-refractivity contribution in [1.29, 1.82) is 0 Å². The van der Waals surface area contributed by atoms with Crippen molar-refractivity contribution in [1.82, 2.24) is 4.98 Å². The Morgan fingerprint density at radius 1 is 1.04 bits per heavy atom. The van der Waals surface area contributed by atoms with E-state index in [1.54, 1.807) is 48.5 Å². The minimum atomic E-state index is -4.52. The molecule has 0 spiro atoms. The highest BCUT2D eigenvalue weighted by atomic mass is 35.5. The zero-order chi connectivity index (χ0) is 17.6. The summed E-state index contributed by atoms with van der Waals surface area (Å²) in [7, 11) is 0. The van der Waals surface area contributed by atoms with Crippen LogP contribution in [0.25, 0.3) is 22.7 Å². The molecule has 6 heteroatoms. The van der Waals surface area contributed by atoms with Gasteiger partial charge in [0.05, 0.1) is 5.52 Å². The van der Waals surface area contributed by atoms with Gasteiger partial charge in [-0.15, -0.1) is 0 Å². The number of ether oxygens (including phenoxy) is 1. The highest BCUT2D eigenvalue weighted by Gasteiger charge is 2.49. The van der Waals surface area contributed by atoms with Crippen molar-refractivity contribution in [2.24, 2.45) is 0 Å². The molecule has 2 nitrogen and oxygen atoms in total. The molecule has 0 fully saturated rings. The maximum Gasteiger partial charge on any atom is 0.429 e. The molecule has 0 amide bonds. The summed E-state index contributed by atoms with van der Waals surface area (Å²) in [5, 5.41) is 1.06. The lowest BCUT2D eigenvalue weighted by molar-refractivity contribution is -0.201. The van der Waals surface area contributed by atoms with Gasteiger partial charge in [0, 0.05) is 16.0 Å². The van der Waals surface area contributed by atoms with Crippen LogP contribution in [0.1, 0.15) is 22.9 Å².